The van der Waals surface area contributed by atoms with Crippen molar-refractivity contribution in [2.45, 2.75) is 52.4 Å². The number of aliphatic hydroxyl groups is 2. The fourth-order valence-corrected chi connectivity index (χ4v) is 6.17. The van der Waals surface area contributed by atoms with E-state index < -0.39 is 5.97 Å². The number of rotatable bonds is 4. The van der Waals surface area contributed by atoms with Gasteiger partial charge in [-0.1, -0.05) is 5.57 Å². The van der Waals surface area contributed by atoms with Crippen LogP contribution in [-0.4, -0.2) is 34.5 Å². The summed E-state index contributed by atoms with van der Waals surface area (Å²) < 4.78 is 0. The molecule has 4 fully saturated rings. The van der Waals surface area contributed by atoms with E-state index in [0.29, 0.717) is 11.5 Å². The molecule has 4 aliphatic rings. The molecule has 4 aliphatic carbocycles. The third-order valence-electron chi connectivity index (χ3n) is 6.65. The van der Waals surface area contributed by atoms with E-state index >= 15 is 0 Å². The van der Waals surface area contributed by atoms with Gasteiger partial charge in [0.05, 0.1) is 0 Å². The van der Waals surface area contributed by atoms with Crippen molar-refractivity contribution in [3.8, 4) is 0 Å². The molecule has 2 unspecified atom stereocenters. The summed E-state index contributed by atoms with van der Waals surface area (Å²) in [6.45, 7) is 3.96. The third kappa shape index (κ3) is 2.07. The Bertz CT molecular complexity index is 487. The molecule has 0 spiro atoms. The van der Waals surface area contributed by atoms with E-state index in [1.165, 1.54) is 0 Å². The molecule has 0 aliphatic heterocycles. The van der Waals surface area contributed by atoms with Crippen LogP contribution in [-0.2, 0) is 4.79 Å². The summed E-state index contributed by atoms with van der Waals surface area (Å²) >= 11 is 0. The maximum atomic E-state index is 11.4. The van der Waals surface area contributed by atoms with Crippen molar-refractivity contribution >= 4 is 5.97 Å². The molecule has 118 valence electrons. The maximum absolute atomic E-state index is 11.4. The molecule has 0 heterocycles. The summed E-state index contributed by atoms with van der Waals surface area (Å²) in [5.41, 5.74) is 1.06. The molecule has 4 heteroatoms. The number of carboxylic acids is 1. The van der Waals surface area contributed by atoms with E-state index in [4.69, 9.17) is 0 Å². The van der Waals surface area contributed by atoms with Gasteiger partial charge in [0.25, 0.3) is 0 Å². The molecule has 0 aromatic carbocycles. The first kappa shape index (κ1) is 15.0. The summed E-state index contributed by atoms with van der Waals surface area (Å²) in [7, 11) is 0. The monoisotopic (exact) mass is 294 g/mol. The van der Waals surface area contributed by atoms with Crippen LogP contribution in [0.25, 0.3) is 0 Å². The molecule has 0 aromatic rings. The van der Waals surface area contributed by atoms with Crippen LogP contribution in [0.3, 0.4) is 0 Å². The van der Waals surface area contributed by atoms with Crippen LogP contribution < -0.4 is 0 Å². The Kier molecular flexibility index (Phi) is 3.27. The lowest BCUT2D eigenvalue weighted by molar-refractivity contribution is -0.173. The predicted molar refractivity (Wildman–Crippen MR) is 78.7 cm³/mol. The second-order valence-corrected chi connectivity index (χ2v) is 8.16. The topological polar surface area (TPSA) is 77.8 Å². The Hall–Kier alpha value is -0.870. The van der Waals surface area contributed by atoms with Crippen molar-refractivity contribution in [3.05, 3.63) is 11.1 Å². The van der Waals surface area contributed by atoms with Gasteiger partial charge in [0, 0.05) is 18.8 Å². The molecule has 4 rings (SSSR count). The number of aliphatic hydroxyl groups excluding tert-OH is 2. The van der Waals surface area contributed by atoms with E-state index in [0.717, 1.165) is 44.1 Å². The summed E-state index contributed by atoms with van der Waals surface area (Å²) in [5.74, 6) is -0.337. The average Bonchev–Trinajstić information content (AvgIpc) is 2.44. The van der Waals surface area contributed by atoms with Crippen molar-refractivity contribution in [2.24, 2.45) is 22.2 Å². The van der Waals surface area contributed by atoms with Gasteiger partial charge in [0.15, 0.2) is 0 Å². The van der Waals surface area contributed by atoms with E-state index in [2.05, 4.69) is 0 Å². The Labute approximate surface area is 125 Å². The first-order valence-electron chi connectivity index (χ1n) is 7.92. The number of allylic oxidation sites excluding steroid dienone is 1. The van der Waals surface area contributed by atoms with Gasteiger partial charge in [-0.15, -0.1) is 0 Å². The SMILES string of the molecule is CC(C(=O)O)=C(C)C12CC3CC(CO)(CC(CO)(C3)C1)C2. The highest BCUT2D eigenvalue weighted by atomic mass is 16.4. The van der Waals surface area contributed by atoms with Crippen LogP contribution in [0.4, 0.5) is 0 Å². The molecule has 0 amide bonds. The Morgan fingerprint density at radius 2 is 1.52 bits per heavy atom. The smallest absolute Gasteiger partial charge is 0.331 e. The van der Waals surface area contributed by atoms with Gasteiger partial charge in [0.2, 0.25) is 0 Å². The summed E-state index contributed by atoms with van der Waals surface area (Å²) in [6, 6.07) is 0. The zero-order valence-corrected chi connectivity index (χ0v) is 13.0. The van der Waals surface area contributed by atoms with Crippen LogP contribution in [0.2, 0.25) is 0 Å². The van der Waals surface area contributed by atoms with Crippen LogP contribution >= 0.6 is 0 Å². The molecule has 4 nitrogen and oxygen atoms in total. The number of carbonyl (C=O) groups is 1. The lowest BCUT2D eigenvalue weighted by Gasteiger charge is -2.66. The second kappa shape index (κ2) is 4.56. The Morgan fingerprint density at radius 3 is 1.95 bits per heavy atom. The highest BCUT2D eigenvalue weighted by Crippen LogP contribution is 2.71. The predicted octanol–water partition coefficient (Wildman–Crippen LogP) is 2.35. The van der Waals surface area contributed by atoms with E-state index in [9.17, 15) is 20.1 Å². The van der Waals surface area contributed by atoms with Crippen LogP contribution in [0.5, 0.6) is 0 Å². The van der Waals surface area contributed by atoms with Gasteiger partial charge in [-0.05, 0) is 74.5 Å². The van der Waals surface area contributed by atoms with Gasteiger partial charge in [-0.25, -0.2) is 4.79 Å². The normalized spacial score (nSPS) is 45.6. The number of carboxylic acid groups (broad SMARTS) is 1. The summed E-state index contributed by atoms with van der Waals surface area (Å²) in [6.07, 6.45) is 5.74. The molecule has 2 atom stereocenters. The molecular weight excluding hydrogens is 268 g/mol. The highest BCUT2D eigenvalue weighted by molar-refractivity contribution is 5.87. The maximum Gasteiger partial charge on any atom is 0.331 e. The van der Waals surface area contributed by atoms with E-state index in [1.54, 1.807) is 6.92 Å². The van der Waals surface area contributed by atoms with E-state index in [1.807, 2.05) is 6.92 Å². The number of aliphatic carboxylic acids is 1. The molecule has 4 saturated carbocycles. The summed E-state index contributed by atoms with van der Waals surface area (Å²) in [4.78, 5) is 11.4. The number of hydrogen-bond donors (Lipinski definition) is 3. The Balaban J connectivity index is 2.08. The molecule has 21 heavy (non-hydrogen) atoms. The van der Waals surface area contributed by atoms with E-state index in [-0.39, 0.29) is 29.5 Å². The zero-order chi connectivity index (χ0) is 15.5. The van der Waals surface area contributed by atoms with Crippen molar-refractivity contribution in [1.29, 1.82) is 0 Å². The Morgan fingerprint density at radius 1 is 1.00 bits per heavy atom. The fourth-order valence-electron chi connectivity index (χ4n) is 6.17. The molecular formula is C17H26O4. The quantitative estimate of drug-likeness (QED) is 0.696. The first-order valence-corrected chi connectivity index (χ1v) is 7.92. The van der Waals surface area contributed by atoms with Crippen molar-refractivity contribution in [2.75, 3.05) is 13.2 Å². The third-order valence-corrected chi connectivity index (χ3v) is 6.65. The average molecular weight is 294 g/mol. The minimum atomic E-state index is -0.848. The van der Waals surface area contributed by atoms with Gasteiger partial charge in [-0.3, -0.25) is 0 Å². The highest BCUT2D eigenvalue weighted by Gasteiger charge is 2.63. The minimum absolute atomic E-state index is 0.109. The zero-order valence-electron chi connectivity index (χ0n) is 13.0. The van der Waals surface area contributed by atoms with Crippen LogP contribution in [0.1, 0.15) is 52.4 Å². The van der Waals surface area contributed by atoms with Gasteiger partial charge in [-0.2, -0.15) is 0 Å². The van der Waals surface area contributed by atoms with Crippen molar-refractivity contribution < 1.29 is 20.1 Å². The van der Waals surface area contributed by atoms with Crippen LogP contribution in [0, 0.1) is 22.2 Å². The largest absolute Gasteiger partial charge is 0.478 e. The lowest BCUT2D eigenvalue weighted by Crippen LogP contribution is -2.59. The lowest BCUT2D eigenvalue weighted by atomic mass is 9.38. The van der Waals surface area contributed by atoms with Gasteiger partial charge in [0.1, 0.15) is 0 Å². The molecule has 0 aromatic heterocycles. The standard InChI is InChI=1S/C17H26O4/c1-11(14(20)21)12(2)17-5-13-3-15(7-17,9-18)6-16(4-13,8-17)10-19/h13,18-19H,3-10H2,1-2H3,(H,20,21). The summed E-state index contributed by atoms with van der Waals surface area (Å²) in [5, 5.41) is 29.3. The van der Waals surface area contributed by atoms with Gasteiger partial charge >= 0.3 is 5.97 Å². The fraction of sp³-hybridized carbons (Fsp3) is 0.824. The first-order chi connectivity index (χ1) is 9.79. The molecule has 3 N–H and O–H groups in total. The number of hydrogen-bond acceptors (Lipinski definition) is 3. The molecule has 0 radical (unpaired) electrons. The molecule has 4 bridgehead atoms. The van der Waals surface area contributed by atoms with Crippen molar-refractivity contribution in [1.82, 2.24) is 0 Å². The minimum Gasteiger partial charge on any atom is -0.478 e. The van der Waals surface area contributed by atoms with Crippen LogP contribution in [0.15, 0.2) is 11.1 Å². The van der Waals surface area contributed by atoms with Gasteiger partial charge < -0.3 is 15.3 Å². The molecule has 0 saturated heterocycles. The second-order valence-electron chi connectivity index (χ2n) is 8.16. The van der Waals surface area contributed by atoms with Crippen molar-refractivity contribution in [3.63, 3.8) is 0 Å².